The maximum absolute atomic E-state index is 14.0. The van der Waals surface area contributed by atoms with E-state index in [9.17, 15) is 9.18 Å². The average molecular weight is 466 g/mol. The molecule has 0 radical (unpaired) electrons. The molecule has 0 atom stereocenters. The van der Waals surface area contributed by atoms with Crippen molar-refractivity contribution in [1.82, 2.24) is 14.9 Å². The van der Waals surface area contributed by atoms with E-state index in [0.29, 0.717) is 18.0 Å². The maximum atomic E-state index is 14.0. The number of likely N-dealkylation sites (tertiary alicyclic amines) is 1. The summed E-state index contributed by atoms with van der Waals surface area (Å²) in [7, 11) is 0. The van der Waals surface area contributed by atoms with Crippen molar-refractivity contribution in [3.63, 3.8) is 0 Å². The first-order valence-electron chi connectivity index (χ1n) is 12.3. The molecule has 2 N–H and O–H groups in total. The predicted molar refractivity (Wildman–Crippen MR) is 134 cm³/mol. The van der Waals surface area contributed by atoms with Gasteiger partial charge in [0, 0.05) is 35.2 Å². The van der Waals surface area contributed by atoms with Crippen LogP contribution in [0.3, 0.4) is 0 Å². The summed E-state index contributed by atoms with van der Waals surface area (Å²) in [6, 6.07) is 16.0. The standard InChI is InChI=1S/C28H36FN3O2/c1-20-25(18-22-8-10-23(11-9-22)27(33)30-34)24-6-4-5-7-26(24)32(20)17-14-21-12-15-31(16-13-21)19-28(2,3)29/h4-11,21,34H,12-19H2,1-3H3,(H,30,33). The van der Waals surface area contributed by atoms with Crippen molar-refractivity contribution in [2.45, 2.75) is 58.7 Å². The number of amides is 1. The van der Waals surface area contributed by atoms with Crippen LogP contribution in [-0.4, -0.2) is 45.9 Å². The van der Waals surface area contributed by atoms with Gasteiger partial charge in [0.15, 0.2) is 0 Å². The molecule has 34 heavy (non-hydrogen) atoms. The van der Waals surface area contributed by atoms with Crippen LogP contribution in [-0.2, 0) is 13.0 Å². The molecule has 1 aliphatic heterocycles. The minimum absolute atomic E-state index is 0.437. The van der Waals surface area contributed by atoms with E-state index < -0.39 is 11.6 Å². The number of hydrogen-bond donors (Lipinski definition) is 2. The number of aryl methyl sites for hydroxylation is 1. The van der Waals surface area contributed by atoms with Crippen molar-refractivity contribution >= 4 is 16.8 Å². The average Bonchev–Trinajstić information content (AvgIpc) is 3.08. The van der Waals surface area contributed by atoms with Gasteiger partial charge in [-0.15, -0.1) is 0 Å². The molecule has 0 bridgehead atoms. The van der Waals surface area contributed by atoms with Gasteiger partial charge in [-0.05, 0) is 94.8 Å². The van der Waals surface area contributed by atoms with Gasteiger partial charge in [0.1, 0.15) is 5.67 Å². The zero-order chi connectivity index (χ0) is 24.3. The summed E-state index contributed by atoms with van der Waals surface area (Å²) in [6.45, 7) is 9.01. The number of hydrogen-bond acceptors (Lipinski definition) is 3. The van der Waals surface area contributed by atoms with E-state index in [2.05, 4.69) is 40.7 Å². The van der Waals surface area contributed by atoms with Gasteiger partial charge in [0.2, 0.25) is 0 Å². The van der Waals surface area contributed by atoms with Gasteiger partial charge in [0.05, 0.1) is 0 Å². The number of alkyl halides is 1. The van der Waals surface area contributed by atoms with Crippen LogP contribution >= 0.6 is 0 Å². The summed E-state index contributed by atoms with van der Waals surface area (Å²) >= 11 is 0. The molecular weight excluding hydrogens is 429 g/mol. The fraction of sp³-hybridized carbons (Fsp3) is 0.464. The molecule has 1 amide bonds. The second-order valence-electron chi connectivity index (χ2n) is 10.3. The first kappa shape index (κ1) is 24.4. The number of carbonyl (C=O) groups is 1. The Hall–Kier alpha value is -2.70. The van der Waals surface area contributed by atoms with E-state index in [1.165, 1.54) is 22.2 Å². The topological polar surface area (TPSA) is 57.5 Å². The van der Waals surface area contributed by atoms with Crippen molar-refractivity contribution in [3.05, 3.63) is 70.9 Å². The molecule has 1 aliphatic rings. The molecule has 4 rings (SSSR count). The molecule has 3 aromatic rings. The third-order valence-electron chi connectivity index (χ3n) is 7.13. The molecule has 0 aliphatic carbocycles. The number of benzene rings is 2. The number of halogens is 1. The highest BCUT2D eigenvalue weighted by Crippen LogP contribution is 2.30. The fourth-order valence-electron chi connectivity index (χ4n) is 5.33. The Morgan fingerprint density at radius 3 is 2.44 bits per heavy atom. The van der Waals surface area contributed by atoms with Crippen LogP contribution in [0.1, 0.15) is 60.3 Å². The predicted octanol–water partition coefficient (Wildman–Crippen LogP) is 5.51. The second kappa shape index (κ2) is 10.3. The van der Waals surface area contributed by atoms with Crippen molar-refractivity contribution in [3.8, 4) is 0 Å². The summed E-state index contributed by atoms with van der Waals surface area (Å²) in [5.74, 6) is 0.173. The van der Waals surface area contributed by atoms with Gasteiger partial charge in [-0.2, -0.15) is 0 Å². The summed E-state index contributed by atoms with van der Waals surface area (Å²) in [6.07, 6.45) is 4.19. The van der Waals surface area contributed by atoms with Crippen molar-refractivity contribution < 1.29 is 14.4 Å². The molecule has 1 saturated heterocycles. The summed E-state index contributed by atoms with van der Waals surface area (Å²) in [5.41, 5.74) is 5.98. The molecule has 2 heterocycles. The Balaban J connectivity index is 1.46. The lowest BCUT2D eigenvalue weighted by Gasteiger charge is -2.34. The van der Waals surface area contributed by atoms with E-state index in [0.717, 1.165) is 50.9 Å². The molecule has 0 spiro atoms. The monoisotopic (exact) mass is 465 g/mol. The van der Waals surface area contributed by atoms with Crippen LogP contribution in [0.15, 0.2) is 48.5 Å². The number of rotatable bonds is 8. The molecule has 1 aromatic heterocycles. The molecule has 1 fully saturated rings. The smallest absolute Gasteiger partial charge is 0.274 e. The largest absolute Gasteiger partial charge is 0.345 e. The molecule has 5 nitrogen and oxygen atoms in total. The highest BCUT2D eigenvalue weighted by molar-refractivity contribution is 5.93. The van der Waals surface area contributed by atoms with Crippen molar-refractivity contribution in [1.29, 1.82) is 0 Å². The van der Waals surface area contributed by atoms with E-state index in [-0.39, 0.29) is 0 Å². The van der Waals surface area contributed by atoms with Gasteiger partial charge in [-0.25, -0.2) is 9.87 Å². The van der Waals surface area contributed by atoms with Crippen LogP contribution in [0.25, 0.3) is 10.9 Å². The normalized spacial score (nSPS) is 15.7. The minimum Gasteiger partial charge on any atom is -0.345 e. The Kier molecular flexibility index (Phi) is 7.39. The Labute approximate surface area is 201 Å². The third kappa shape index (κ3) is 5.68. The quantitative estimate of drug-likeness (QED) is 0.341. The van der Waals surface area contributed by atoms with E-state index in [1.54, 1.807) is 31.5 Å². The van der Waals surface area contributed by atoms with Crippen LogP contribution in [0.2, 0.25) is 0 Å². The molecule has 6 heteroatoms. The van der Waals surface area contributed by atoms with Crippen LogP contribution in [0.4, 0.5) is 4.39 Å². The lowest BCUT2D eigenvalue weighted by molar-refractivity contribution is 0.0706. The number of nitrogens with one attached hydrogen (secondary N) is 1. The van der Waals surface area contributed by atoms with Gasteiger partial charge in [-0.1, -0.05) is 30.3 Å². The lowest BCUT2D eigenvalue weighted by Crippen LogP contribution is -2.41. The first-order valence-corrected chi connectivity index (χ1v) is 12.3. The van der Waals surface area contributed by atoms with E-state index in [1.807, 2.05) is 12.1 Å². The third-order valence-corrected chi connectivity index (χ3v) is 7.13. The van der Waals surface area contributed by atoms with Crippen molar-refractivity contribution in [2.24, 2.45) is 5.92 Å². The number of aromatic nitrogens is 1. The Morgan fingerprint density at radius 1 is 1.12 bits per heavy atom. The molecule has 2 aromatic carbocycles. The molecule has 0 saturated carbocycles. The van der Waals surface area contributed by atoms with Gasteiger partial charge in [-0.3, -0.25) is 10.0 Å². The second-order valence-corrected chi connectivity index (χ2v) is 10.3. The van der Waals surface area contributed by atoms with Crippen LogP contribution in [0, 0.1) is 12.8 Å². The van der Waals surface area contributed by atoms with Crippen LogP contribution < -0.4 is 5.48 Å². The molecule has 0 unspecified atom stereocenters. The fourth-order valence-corrected chi connectivity index (χ4v) is 5.33. The minimum atomic E-state index is -1.13. The van der Waals surface area contributed by atoms with Crippen LogP contribution in [0.5, 0.6) is 0 Å². The number of nitrogens with zero attached hydrogens (tertiary/aromatic N) is 2. The molecule has 182 valence electrons. The number of carbonyl (C=O) groups excluding carboxylic acids is 1. The number of piperidine rings is 1. The summed E-state index contributed by atoms with van der Waals surface area (Å²) in [4.78, 5) is 13.9. The van der Waals surface area contributed by atoms with E-state index >= 15 is 0 Å². The van der Waals surface area contributed by atoms with E-state index in [4.69, 9.17) is 5.21 Å². The van der Waals surface area contributed by atoms with Gasteiger partial charge in [0.25, 0.3) is 5.91 Å². The van der Waals surface area contributed by atoms with Gasteiger partial charge < -0.3 is 9.47 Å². The number of fused-ring (bicyclic) bond motifs is 1. The Bertz CT molecular complexity index is 1120. The Morgan fingerprint density at radius 2 is 1.79 bits per heavy atom. The summed E-state index contributed by atoms with van der Waals surface area (Å²) < 4.78 is 16.4. The highest BCUT2D eigenvalue weighted by Gasteiger charge is 2.25. The summed E-state index contributed by atoms with van der Waals surface area (Å²) in [5, 5.41) is 10.1. The number of para-hydroxylation sites is 1. The zero-order valence-electron chi connectivity index (χ0n) is 20.5. The highest BCUT2D eigenvalue weighted by atomic mass is 19.1. The van der Waals surface area contributed by atoms with Crippen molar-refractivity contribution in [2.75, 3.05) is 19.6 Å². The van der Waals surface area contributed by atoms with Gasteiger partial charge >= 0.3 is 0 Å². The maximum Gasteiger partial charge on any atom is 0.274 e. The molecular formula is C28H36FN3O2. The lowest BCUT2D eigenvalue weighted by atomic mass is 9.93. The number of hydroxylamine groups is 1. The first-order chi connectivity index (χ1) is 16.2. The SMILES string of the molecule is Cc1c(Cc2ccc(C(=O)NO)cc2)c2ccccc2n1CCC1CCN(CC(C)(C)F)CC1. The zero-order valence-corrected chi connectivity index (χ0v) is 20.5.